The van der Waals surface area contributed by atoms with Crippen molar-refractivity contribution in [3.63, 3.8) is 0 Å². The Morgan fingerprint density at radius 3 is 2.47 bits per heavy atom. The molecule has 0 aromatic heterocycles. The first-order valence-electron chi connectivity index (χ1n) is 5.85. The number of hydrogen-bond acceptors (Lipinski definition) is 2. The number of anilines is 1. The molecule has 1 rings (SSSR count). The summed E-state index contributed by atoms with van der Waals surface area (Å²) < 4.78 is 36.3. The number of rotatable bonds is 4. The molecule has 0 unspecified atom stereocenters. The third-order valence-electron chi connectivity index (χ3n) is 2.82. The van der Waals surface area contributed by atoms with Crippen molar-refractivity contribution in [2.24, 2.45) is 0 Å². The molecule has 0 radical (unpaired) electrons. The van der Waals surface area contributed by atoms with E-state index in [0.29, 0.717) is 5.56 Å². The highest BCUT2D eigenvalue weighted by Gasteiger charge is 2.28. The molecule has 0 saturated heterocycles. The van der Waals surface area contributed by atoms with Gasteiger partial charge in [-0.05, 0) is 30.7 Å². The van der Waals surface area contributed by atoms with Crippen molar-refractivity contribution in [1.82, 2.24) is 4.90 Å². The van der Waals surface area contributed by atoms with E-state index in [9.17, 15) is 18.0 Å². The van der Waals surface area contributed by atoms with Gasteiger partial charge in [-0.3, -0.25) is 4.79 Å². The molecule has 0 fully saturated rings. The minimum absolute atomic E-state index is 0.338. The monoisotopic (exact) mass is 274 g/mol. The van der Waals surface area contributed by atoms with Crippen molar-refractivity contribution < 1.29 is 18.0 Å². The van der Waals surface area contributed by atoms with Gasteiger partial charge in [0.2, 0.25) is 0 Å². The number of halogens is 3. The molecule has 19 heavy (non-hydrogen) atoms. The van der Waals surface area contributed by atoms with Crippen LogP contribution in [0.4, 0.5) is 18.9 Å². The summed E-state index contributed by atoms with van der Waals surface area (Å²) in [4.78, 5) is 13.0. The van der Waals surface area contributed by atoms with Crippen LogP contribution in [0.2, 0.25) is 0 Å². The van der Waals surface area contributed by atoms with Gasteiger partial charge in [-0.1, -0.05) is 0 Å². The van der Waals surface area contributed by atoms with E-state index < -0.39 is 18.5 Å². The van der Waals surface area contributed by atoms with E-state index in [1.54, 1.807) is 25.2 Å². The van der Waals surface area contributed by atoms with E-state index in [1.165, 1.54) is 7.05 Å². The number of benzene rings is 1. The van der Waals surface area contributed by atoms with E-state index in [-0.39, 0.29) is 6.54 Å². The lowest BCUT2D eigenvalue weighted by molar-refractivity contribution is -0.136. The zero-order valence-corrected chi connectivity index (χ0v) is 11.1. The highest BCUT2D eigenvalue weighted by Crippen LogP contribution is 2.21. The summed E-state index contributed by atoms with van der Waals surface area (Å²) >= 11 is 0. The molecule has 3 nitrogen and oxygen atoms in total. The Labute approximate surface area is 110 Å². The molecule has 0 bridgehead atoms. The smallest absolute Gasteiger partial charge is 0.388 e. The van der Waals surface area contributed by atoms with Crippen molar-refractivity contribution in [2.45, 2.75) is 19.5 Å². The summed E-state index contributed by atoms with van der Waals surface area (Å²) in [6.07, 6.45) is -5.25. The lowest BCUT2D eigenvalue weighted by atomic mass is 10.1. The molecule has 0 saturated carbocycles. The predicted molar refractivity (Wildman–Crippen MR) is 68.4 cm³/mol. The summed E-state index contributed by atoms with van der Waals surface area (Å²) in [5.41, 5.74) is 2.15. The molecular weight excluding hydrogens is 257 g/mol. The minimum atomic E-state index is -4.25. The number of nitrogens with one attached hydrogen (secondary N) is 1. The van der Waals surface area contributed by atoms with E-state index in [1.807, 2.05) is 6.92 Å². The molecule has 0 aliphatic rings. The van der Waals surface area contributed by atoms with Gasteiger partial charge >= 0.3 is 6.18 Å². The van der Waals surface area contributed by atoms with Crippen LogP contribution < -0.4 is 5.32 Å². The molecule has 1 amide bonds. The van der Waals surface area contributed by atoms with Crippen LogP contribution in [-0.2, 0) is 0 Å². The number of carbonyl (C=O) groups excluding carboxylic acids is 1. The van der Waals surface area contributed by atoms with Crippen LogP contribution in [0.15, 0.2) is 18.2 Å². The number of amides is 1. The third-order valence-corrected chi connectivity index (χ3v) is 2.82. The molecule has 1 N–H and O–H groups in total. The van der Waals surface area contributed by atoms with Gasteiger partial charge in [0.05, 0.1) is 6.42 Å². The van der Waals surface area contributed by atoms with E-state index in [2.05, 4.69) is 5.32 Å². The van der Waals surface area contributed by atoms with Gasteiger partial charge in [-0.2, -0.15) is 13.2 Å². The fourth-order valence-corrected chi connectivity index (χ4v) is 1.69. The Morgan fingerprint density at radius 1 is 1.37 bits per heavy atom. The second kappa shape index (κ2) is 5.95. The van der Waals surface area contributed by atoms with Gasteiger partial charge in [0.15, 0.2) is 0 Å². The van der Waals surface area contributed by atoms with Crippen molar-refractivity contribution in [2.75, 3.05) is 26.0 Å². The van der Waals surface area contributed by atoms with Crippen molar-refractivity contribution in [3.8, 4) is 0 Å². The van der Waals surface area contributed by atoms with Gasteiger partial charge in [-0.15, -0.1) is 0 Å². The molecule has 6 heteroatoms. The van der Waals surface area contributed by atoms with Crippen LogP contribution in [0, 0.1) is 6.92 Å². The lowest BCUT2D eigenvalue weighted by Gasteiger charge is -2.18. The Morgan fingerprint density at radius 2 is 2.00 bits per heavy atom. The highest BCUT2D eigenvalue weighted by molar-refractivity contribution is 5.94. The standard InChI is InChI=1S/C13H17F3N2O/c1-9-8-10(4-5-11(9)17-2)12(19)18(3)7-6-13(14,15)16/h4-5,8,17H,6-7H2,1-3H3. The Bertz CT molecular complexity index is 458. The molecular formula is C13H17F3N2O. The van der Waals surface area contributed by atoms with Gasteiger partial charge in [0.1, 0.15) is 0 Å². The third kappa shape index (κ3) is 4.46. The number of nitrogens with zero attached hydrogens (tertiary/aromatic N) is 1. The Balaban J connectivity index is 2.74. The molecule has 1 aromatic carbocycles. The topological polar surface area (TPSA) is 32.3 Å². The zero-order chi connectivity index (χ0) is 14.6. The van der Waals surface area contributed by atoms with Crippen LogP contribution in [0.1, 0.15) is 22.3 Å². The van der Waals surface area contributed by atoms with Crippen LogP contribution in [-0.4, -0.2) is 37.6 Å². The van der Waals surface area contributed by atoms with Crippen LogP contribution >= 0.6 is 0 Å². The van der Waals surface area contributed by atoms with Crippen LogP contribution in [0.3, 0.4) is 0 Å². The number of hydrogen-bond donors (Lipinski definition) is 1. The quantitative estimate of drug-likeness (QED) is 0.915. The SMILES string of the molecule is CNc1ccc(C(=O)N(C)CCC(F)(F)F)cc1C. The molecule has 1 aromatic rings. The zero-order valence-electron chi connectivity index (χ0n) is 11.1. The molecule has 0 atom stereocenters. The number of carbonyl (C=O) groups is 1. The van der Waals surface area contributed by atoms with Gasteiger partial charge in [-0.25, -0.2) is 0 Å². The molecule has 106 valence electrons. The molecule has 0 aliphatic carbocycles. The first kappa shape index (κ1) is 15.3. The van der Waals surface area contributed by atoms with E-state index in [4.69, 9.17) is 0 Å². The van der Waals surface area contributed by atoms with E-state index in [0.717, 1.165) is 16.2 Å². The number of alkyl halides is 3. The lowest BCUT2D eigenvalue weighted by Crippen LogP contribution is -2.30. The maximum Gasteiger partial charge on any atom is 0.390 e. The second-order valence-electron chi connectivity index (χ2n) is 4.37. The average Bonchev–Trinajstić information content (AvgIpc) is 2.34. The minimum Gasteiger partial charge on any atom is -0.388 e. The molecule has 0 heterocycles. The maximum atomic E-state index is 12.1. The normalized spacial score (nSPS) is 11.3. The summed E-state index contributed by atoms with van der Waals surface area (Å²) in [5.74, 6) is -0.407. The predicted octanol–water partition coefficient (Wildman–Crippen LogP) is 3.06. The van der Waals surface area contributed by atoms with E-state index >= 15 is 0 Å². The Hall–Kier alpha value is -1.72. The summed E-state index contributed by atoms with van der Waals surface area (Å²) in [6, 6.07) is 5.00. The maximum absolute atomic E-state index is 12.1. The molecule has 0 spiro atoms. The average molecular weight is 274 g/mol. The Kier molecular flexibility index (Phi) is 4.80. The van der Waals surface area contributed by atoms with Crippen molar-refractivity contribution in [3.05, 3.63) is 29.3 Å². The van der Waals surface area contributed by atoms with Crippen LogP contribution in [0.5, 0.6) is 0 Å². The van der Waals surface area contributed by atoms with Gasteiger partial charge in [0.25, 0.3) is 5.91 Å². The summed E-state index contributed by atoms with van der Waals surface area (Å²) in [6.45, 7) is 1.49. The van der Waals surface area contributed by atoms with Crippen LogP contribution in [0.25, 0.3) is 0 Å². The highest BCUT2D eigenvalue weighted by atomic mass is 19.4. The second-order valence-corrected chi connectivity index (χ2v) is 4.37. The van der Waals surface area contributed by atoms with Gasteiger partial charge < -0.3 is 10.2 Å². The summed E-state index contributed by atoms with van der Waals surface area (Å²) in [5, 5.41) is 2.96. The van der Waals surface area contributed by atoms with Gasteiger partial charge in [0, 0.05) is 31.9 Å². The fraction of sp³-hybridized carbons (Fsp3) is 0.462. The van der Waals surface area contributed by atoms with Crippen molar-refractivity contribution >= 4 is 11.6 Å². The first-order valence-corrected chi connectivity index (χ1v) is 5.85. The number of aryl methyl sites for hydroxylation is 1. The molecule has 0 aliphatic heterocycles. The first-order chi connectivity index (χ1) is 8.74. The largest absolute Gasteiger partial charge is 0.390 e. The fourth-order valence-electron chi connectivity index (χ4n) is 1.69. The summed E-state index contributed by atoms with van der Waals surface area (Å²) in [7, 11) is 3.13. The van der Waals surface area contributed by atoms with Crippen molar-refractivity contribution in [1.29, 1.82) is 0 Å².